The van der Waals surface area contributed by atoms with E-state index < -0.39 is 0 Å². The lowest BCUT2D eigenvalue weighted by molar-refractivity contribution is -0.253. The number of quaternary nitrogens is 1. The average molecular weight is 188 g/mol. The molecule has 0 fully saturated rings. The smallest absolute Gasteiger partial charge is 0.151 e. The van der Waals surface area contributed by atoms with Crippen molar-refractivity contribution in [3.63, 3.8) is 0 Å². The van der Waals surface area contributed by atoms with Gasteiger partial charge < -0.3 is 11.5 Å². The molecule has 1 rings (SSSR count). The molecule has 2 nitrogen and oxygen atoms in total. The van der Waals surface area contributed by atoms with Gasteiger partial charge in [-0.2, -0.15) is 0 Å². The second kappa shape index (κ2) is 2.37. The van der Waals surface area contributed by atoms with E-state index >= 15 is 0 Å². The zero-order chi connectivity index (χ0) is 6.85. The SMILES string of the molecule is Nc1cc(Br)ccc1[NH3+]. The number of nitrogens with two attached hydrogens (primary N) is 1. The fraction of sp³-hybridized carbons (Fsp3) is 0. The Kier molecular flexibility index (Phi) is 1.73. The standard InChI is InChI=1S/C6H7BrN2/c7-4-1-2-5(8)6(9)3-4/h1-3H,8-9H2/p+1. The van der Waals surface area contributed by atoms with Gasteiger partial charge in [0.2, 0.25) is 0 Å². The van der Waals surface area contributed by atoms with E-state index in [2.05, 4.69) is 21.7 Å². The van der Waals surface area contributed by atoms with E-state index in [1.807, 2.05) is 18.2 Å². The van der Waals surface area contributed by atoms with Crippen LogP contribution in [0.4, 0.5) is 11.4 Å². The number of hydrogen-bond donors (Lipinski definition) is 2. The fourth-order valence-corrected chi connectivity index (χ4v) is 0.945. The van der Waals surface area contributed by atoms with Crippen LogP contribution < -0.4 is 11.5 Å². The number of benzene rings is 1. The molecule has 0 amide bonds. The van der Waals surface area contributed by atoms with Crippen molar-refractivity contribution < 1.29 is 5.73 Å². The summed E-state index contributed by atoms with van der Waals surface area (Å²) in [7, 11) is 0. The molecule has 48 valence electrons. The van der Waals surface area contributed by atoms with E-state index in [4.69, 9.17) is 5.73 Å². The highest BCUT2D eigenvalue weighted by molar-refractivity contribution is 9.10. The Balaban J connectivity index is 3.17. The maximum absolute atomic E-state index is 5.53. The maximum atomic E-state index is 5.53. The molecular weight excluding hydrogens is 180 g/mol. The van der Waals surface area contributed by atoms with Crippen LogP contribution in [0.15, 0.2) is 22.7 Å². The zero-order valence-electron chi connectivity index (χ0n) is 4.89. The van der Waals surface area contributed by atoms with Crippen LogP contribution in [0.2, 0.25) is 0 Å². The van der Waals surface area contributed by atoms with Gasteiger partial charge in [-0.1, -0.05) is 15.9 Å². The van der Waals surface area contributed by atoms with Crippen molar-refractivity contribution in [3.05, 3.63) is 22.7 Å². The molecule has 0 aliphatic heterocycles. The monoisotopic (exact) mass is 187 g/mol. The molecule has 0 aliphatic carbocycles. The van der Waals surface area contributed by atoms with E-state index in [-0.39, 0.29) is 0 Å². The van der Waals surface area contributed by atoms with Crippen molar-refractivity contribution in [1.82, 2.24) is 0 Å². The van der Waals surface area contributed by atoms with Crippen LogP contribution in [-0.2, 0) is 0 Å². The summed E-state index contributed by atoms with van der Waals surface area (Å²) in [5.74, 6) is 0. The van der Waals surface area contributed by atoms with Gasteiger partial charge in [-0.05, 0) is 12.1 Å². The predicted octanol–water partition coefficient (Wildman–Crippen LogP) is 0.905. The highest BCUT2D eigenvalue weighted by atomic mass is 79.9. The van der Waals surface area contributed by atoms with Crippen LogP contribution in [0, 0.1) is 0 Å². The minimum absolute atomic E-state index is 0.726. The van der Waals surface area contributed by atoms with Crippen LogP contribution in [0.5, 0.6) is 0 Å². The van der Waals surface area contributed by atoms with Gasteiger partial charge in [-0.3, -0.25) is 0 Å². The van der Waals surface area contributed by atoms with Gasteiger partial charge in [-0.15, -0.1) is 0 Å². The topological polar surface area (TPSA) is 53.7 Å². The molecule has 9 heavy (non-hydrogen) atoms. The van der Waals surface area contributed by atoms with Crippen molar-refractivity contribution in [2.24, 2.45) is 0 Å². The molecule has 0 spiro atoms. The summed E-state index contributed by atoms with van der Waals surface area (Å²) in [6.45, 7) is 0. The lowest BCUT2D eigenvalue weighted by Crippen LogP contribution is -2.40. The molecule has 1 aromatic carbocycles. The second-order valence-corrected chi connectivity index (χ2v) is 2.76. The number of nitrogen functional groups attached to an aromatic ring is 1. The number of anilines is 1. The van der Waals surface area contributed by atoms with Gasteiger partial charge in [0.05, 0.1) is 5.69 Å². The third-order valence-electron chi connectivity index (χ3n) is 1.11. The first-order valence-electron chi connectivity index (χ1n) is 2.57. The summed E-state index contributed by atoms with van der Waals surface area (Å²) in [6.07, 6.45) is 0. The molecule has 0 saturated carbocycles. The molecular formula is C6H8BrN2+. The minimum atomic E-state index is 0.726. The molecule has 5 N–H and O–H groups in total. The quantitative estimate of drug-likeness (QED) is 0.584. The third-order valence-corrected chi connectivity index (χ3v) is 1.60. The van der Waals surface area contributed by atoms with Crippen molar-refractivity contribution in [1.29, 1.82) is 0 Å². The fourth-order valence-electron chi connectivity index (χ4n) is 0.566. The highest BCUT2D eigenvalue weighted by Crippen LogP contribution is 2.18. The molecule has 0 saturated heterocycles. The first-order chi connectivity index (χ1) is 4.20. The van der Waals surface area contributed by atoms with Gasteiger partial charge >= 0.3 is 0 Å². The van der Waals surface area contributed by atoms with E-state index in [9.17, 15) is 0 Å². The van der Waals surface area contributed by atoms with E-state index in [0.29, 0.717) is 0 Å². The van der Waals surface area contributed by atoms with Crippen LogP contribution in [0.25, 0.3) is 0 Å². The molecule has 0 unspecified atom stereocenters. The molecule has 0 heterocycles. The first kappa shape index (κ1) is 6.58. The molecule has 3 heteroatoms. The molecule has 0 bridgehead atoms. The number of halogens is 1. The molecule has 0 aliphatic rings. The summed E-state index contributed by atoms with van der Waals surface area (Å²) in [4.78, 5) is 0. The summed E-state index contributed by atoms with van der Waals surface area (Å²) in [6, 6.07) is 5.63. The van der Waals surface area contributed by atoms with Gasteiger partial charge in [0, 0.05) is 10.5 Å². The van der Waals surface area contributed by atoms with Gasteiger partial charge in [0.1, 0.15) is 0 Å². The average Bonchev–Trinajstić information content (AvgIpc) is 1.80. The molecule has 0 aromatic heterocycles. The second-order valence-electron chi connectivity index (χ2n) is 1.84. The summed E-state index contributed by atoms with van der Waals surface area (Å²) >= 11 is 3.29. The van der Waals surface area contributed by atoms with Crippen molar-refractivity contribution >= 4 is 27.3 Å². The summed E-state index contributed by atoms with van der Waals surface area (Å²) < 4.78 is 0.993. The molecule has 1 aromatic rings. The third kappa shape index (κ3) is 1.43. The lowest BCUT2D eigenvalue weighted by atomic mass is 10.3. The lowest BCUT2D eigenvalue weighted by Gasteiger charge is -1.93. The summed E-state index contributed by atoms with van der Waals surface area (Å²) in [5.41, 5.74) is 10.8. The Labute approximate surface area is 62.0 Å². The van der Waals surface area contributed by atoms with E-state index in [0.717, 1.165) is 15.8 Å². The summed E-state index contributed by atoms with van der Waals surface area (Å²) in [5, 5.41) is 0. The Morgan fingerprint density at radius 3 is 2.56 bits per heavy atom. The number of hydrogen-bond acceptors (Lipinski definition) is 1. The van der Waals surface area contributed by atoms with Crippen LogP contribution in [-0.4, -0.2) is 0 Å². The molecule has 0 atom stereocenters. The van der Waals surface area contributed by atoms with Crippen molar-refractivity contribution in [2.45, 2.75) is 0 Å². The zero-order valence-corrected chi connectivity index (χ0v) is 6.48. The van der Waals surface area contributed by atoms with Gasteiger partial charge in [-0.25, -0.2) is 0 Å². The molecule has 0 radical (unpaired) electrons. The van der Waals surface area contributed by atoms with Crippen LogP contribution in [0.3, 0.4) is 0 Å². The largest absolute Gasteiger partial charge is 0.394 e. The van der Waals surface area contributed by atoms with Gasteiger partial charge in [0.15, 0.2) is 5.69 Å². The predicted molar refractivity (Wildman–Crippen MR) is 41.1 cm³/mol. The first-order valence-corrected chi connectivity index (χ1v) is 3.36. The van der Waals surface area contributed by atoms with Crippen molar-refractivity contribution in [2.75, 3.05) is 5.73 Å². The number of rotatable bonds is 0. The van der Waals surface area contributed by atoms with Crippen molar-refractivity contribution in [3.8, 4) is 0 Å². The van der Waals surface area contributed by atoms with E-state index in [1.165, 1.54) is 0 Å². The Hall–Kier alpha value is -0.540. The normalized spacial score (nSPS) is 9.56. The van der Waals surface area contributed by atoms with E-state index in [1.54, 1.807) is 0 Å². The highest BCUT2D eigenvalue weighted by Gasteiger charge is 1.95. The Morgan fingerprint density at radius 1 is 1.44 bits per heavy atom. The Morgan fingerprint density at radius 2 is 2.11 bits per heavy atom. The van der Waals surface area contributed by atoms with Crippen LogP contribution in [0.1, 0.15) is 0 Å². The minimum Gasteiger partial charge on any atom is -0.394 e. The van der Waals surface area contributed by atoms with Crippen LogP contribution >= 0.6 is 15.9 Å². The maximum Gasteiger partial charge on any atom is 0.151 e. The Bertz CT molecular complexity index is 222. The van der Waals surface area contributed by atoms with Gasteiger partial charge in [0.25, 0.3) is 0 Å².